The Morgan fingerprint density at radius 1 is 0.952 bits per heavy atom. The highest BCUT2D eigenvalue weighted by Gasteiger charge is 2.19. The Labute approximate surface area is 128 Å². The summed E-state index contributed by atoms with van der Waals surface area (Å²) in [7, 11) is 2.14. The minimum Gasteiger partial charge on any atom is -0.335 e. The van der Waals surface area contributed by atoms with Crippen LogP contribution in [0.1, 0.15) is 11.1 Å². The molecule has 0 bridgehead atoms. The SMILES string of the molecule is C=C1/C=C\c2c(sc3ccccc23)N(C)c2ccccc21. The first-order valence-electron chi connectivity index (χ1n) is 6.97. The highest BCUT2D eigenvalue weighted by molar-refractivity contribution is 7.23. The Morgan fingerprint density at radius 2 is 1.71 bits per heavy atom. The van der Waals surface area contributed by atoms with E-state index >= 15 is 0 Å². The maximum absolute atomic E-state index is 4.22. The lowest BCUT2D eigenvalue weighted by Gasteiger charge is -2.24. The normalized spacial score (nSPS) is 15.3. The Morgan fingerprint density at radius 3 is 2.62 bits per heavy atom. The summed E-state index contributed by atoms with van der Waals surface area (Å²) < 4.78 is 1.32. The van der Waals surface area contributed by atoms with Crippen LogP contribution in [0.3, 0.4) is 0 Å². The van der Waals surface area contributed by atoms with Gasteiger partial charge < -0.3 is 4.90 Å². The molecule has 102 valence electrons. The fourth-order valence-corrected chi connectivity index (χ4v) is 4.05. The molecule has 0 atom stereocenters. The molecule has 2 aromatic carbocycles. The Bertz CT molecular complexity index is 885. The molecule has 2 heteroatoms. The molecule has 0 unspecified atom stereocenters. The fraction of sp³-hybridized carbons (Fsp3) is 0.0526. The summed E-state index contributed by atoms with van der Waals surface area (Å²) in [4.78, 5) is 2.28. The van der Waals surface area contributed by atoms with E-state index in [9.17, 15) is 0 Å². The number of benzene rings is 2. The minimum absolute atomic E-state index is 1.05. The minimum atomic E-state index is 1.05. The third-order valence-electron chi connectivity index (χ3n) is 3.98. The van der Waals surface area contributed by atoms with Crippen molar-refractivity contribution < 1.29 is 0 Å². The fourth-order valence-electron chi connectivity index (χ4n) is 2.88. The van der Waals surface area contributed by atoms with Crippen molar-refractivity contribution in [3.63, 3.8) is 0 Å². The lowest BCUT2D eigenvalue weighted by atomic mass is 10.0. The Hall–Kier alpha value is -2.32. The van der Waals surface area contributed by atoms with E-state index in [1.54, 1.807) is 0 Å². The molecule has 0 fully saturated rings. The van der Waals surface area contributed by atoms with E-state index in [1.807, 2.05) is 11.3 Å². The van der Waals surface area contributed by atoms with Crippen LogP contribution >= 0.6 is 11.3 Å². The van der Waals surface area contributed by atoms with Gasteiger partial charge in [-0.05, 0) is 17.7 Å². The van der Waals surface area contributed by atoms with E-state index in [0.717, 1.165) is 5.57 Å². The third-order valence-corrected chi connectivity index (χ3v) is 5.24. The second-order valence-corrected chi connectivity index (χ2v) is 6.28. The van der Waals surface area contributed by atoms with Gasteiger partial charge in [0.25, 0.3) is 0 Å². The second-order valence-electron chi connectivity index (χ2n) is 5.25. The maximum Gasteiger partial charge on any atom is 0.104 e. The van der Waals surface area contributed by atoms with Crippen LogP contribution in [0.2, 0.25) is 0 Å². The molecule has 2 heterocycles. The van der Waals surface area contributed by atoms with Crippen LogP contribution in [-0.4, -0.2) is 7.05 Å². The van der Waals surface area contributed by atoms with E-state index in [2.05, 4.69) is 79.2 Å². The number of hydrogen-bond acceptors (Lipinski definition) is 2. The van der Waals surface area contributed by atoms with E-state index < -0.39 is 0 Å². The van der Waals surface area contributed by atoms with Crippen LogP contribution < -0.4 is 4.90 Å². The van der Waals surface area contributed by atoms with Crippen molar-refractivity contribution in [1.29, 1.82) is 0 Å². The zero-order chi connectivity index (χ0) is 14.4. The van der Waals surface area contributed by atoms with Gasteiger partial charge in [-0.1, -0.05) is 55.1 Å². The van der Waals surface area contributed by atoms with Crippen molar-refractivity contribution in [3.05, 3.63) is 72.3 Å². The smallest absolute Gasteiger partial charge is 0.104 e. The van der Waals surface area contributed by atoms with Crippen LogP contribution in [0, 0.1) is 0 Å². The number of hydrogen-bond donors (Lipinski definition) is 0. The summed E-state index contributed by atoms with van der Waals surface area (Å²) in [6.07, 6.45) is 4.33. The monoisotopic (exact) mass is 289 g/mol. The number of rotatable bonds is 0. The summed E-state index contributed by atoms with van der Waals surface area (Å²) >= 11 is 1.84. The predicted octanol–water partition coefficient (Wildman–Crippen LogP) is 5.71. The molecule has 1 aliphatic rings. The average molecular weight is 289 g/mol. The van der Waals surface area contributed by atoms with Gasteiger partial charge in [0.2, 0.25) is 0 Å². The number of nitrogens with zero attached hydrogens (tertiary/aromatic N) is 1. The van der Waals surface area contributed by atoms with E-state index in [1.165, 1.54) is 31.9 Å². The number of thiophene rings is 1. The summed E-state index contributed by atoms with van der Waals surface area (Å²) in [6.45, 7) is 4.22. The lowest BCUT2D eigenvalue weighted by Crippen LogP contribution is -2.11. The molecule has 4 rings (SSSR count). The van der Waals surface area contributed by atoms with Gasteiger partial charge in [0, 0.05) is 33.9 Å². The van der Waals surface area contributed by atoms with Gasteiger partial charge in [-0.15, -0.1) is 11.3 Å². The van der Waals surface area contributed by atoms with Crippen LogP contribution in [0.25, 0.3) is 21.7 Å². The van der Waals surface area contributed by atoms with Gasteiger partial charge in [-0.2, -0.15) is 0 Å². The molecule has 1 nitrogen and oxygen atoms in total. The van der Waals surface area contributed by atoms with E-state index in [4.69, 9.17) is 0 Å². The largest absolute Gasteiger partial charge is 0.335 e. The molecule has 0 amide bonds. The average Bonchev–Trinajstić information content (AvgIpc) is 2.89. The van der Waals surface area contributed by atoms with Crippen molar-refractivity contribution >= 4 is 43.8 Å². The molecule has 21 heavy (non-hydrogen) atoms. The van der Waals surface area contributed by atoms with Crippen molar-refractivity contribution in [1.82, 2.24) is 0 Å². The maximum atomic E-state index is 4.22. The standard InChI is InChI=1S/C19H15NS/c1-13-11-12-16-15-8-4-6-10-18(15)21-19(16)20(2)17-9-5-3-7-14(13)17/h3-12H,1H2,2H3/b12-11-. The quantitative estimate of drug-likeness (QED) is 0.512. The summed E-state index contributed by atoms with van der Waals surface area (Å²) in [5.74, 6) is 0. The van der Waals surface area contributed by atoms with Gasteiger partial charge in [0.05, 0.1) is 0 Å². The van der Waals surface area contributed by atoms with Gasteiger partial charge in [0.15, 0.2) is 0 Å². The number of fused-ring (bicyclic) bond motifs is 4. The number of allylic oxidation sites excluding steroid dienone is 2. The first kappa shape index (κ1) is 12.4. The lowest BCUT2D eigenvalue weighted by molar-refractivity contribution is 1.23. The van der Waals surface area contributed by atoms with E-state index in [0.29, 0.717) is 0 Å². The molecule has 0 spiro atoms. The van der Waals surface area contributed by atoms with Crippen molar-refractivity contribution in [2.24, 2.45) is 0 Å². The second kappa shape index (κ2) is 4.61. The molecule has 3 aromatic rings. The highest BCUT2D eigenvalue weighted by Crippen LogP contribution is 2.44. The summed E-state index contributed by atoms with van der Waals surface area (Å²) in [5, 5.41) is 2.60. The molecule has 1 aliphatic heterocycles. The van der Waals surface area contributed by atoms with Crippen molar-refractivity contribution in [2.45, 2.75) is 0 Å². The zero-order valence-corrected chi connectivity index (χ0v) is 12.7. The van der Waals surface area contributed by atoms with Crippen molar-refractivity contribution in [2.75, 3.05) is 11.9 Å². The molecule has 0 N–H and O–H groups in total. The third kappa shape index (κ3) is 1.83. The molecule has 0 saturated heterocycles. The highest BCUT2D eigenvalue weighted by atomic mass is 32.1. The predicted molar refractivity (Wildman–Crippen MR) is 94.4 cm³/mol. The van der Waals surface area contributed by atoms with Crippen LogP contribution in [0.15, 0.2) is 61.2 Å². The van der Waals surface area contributed by atoms with Crippen LogP contribution in [0.5, 0.6) is 0 Å². The van der Waals surface area contributed by atoms with Crippen molar-refractivity contribution in [3.8, 4) is 0 Å². The molecular formula is C19H15NS. The van der Waals surface area contributed by atoms with Gasteiger partial charge in [-0.3, -0.25) is 0 Å². The zero-order valence-electron chi connectivity index (χ0n) is 11.8. The molecule has 0 radical (unpaired) electrons. The first-order valence-corrected chi connectivity index (χ1v) is 7.79. The van der Waals surface area contributed by atoms with Crippen LogP contribution in [-0.2, 0) is 0 Å². The van der Waals surface area contributed by atoms with Crippen LogP contribution in [0.4, 0.5) is 10.7 Å². The Balaban J connectivity index is 2.06. The summed E-state index contributed by atoms with van der Waals surface area (Å²) in [6, 6.07) is 17.0. The first-order chi connectivity index (χ1) is 10.3. The number of anilines is 2. The van der Waals surface area contributed by atoms with Gasteiger partial charge >= 0.3 is 0 Å². The Kier molecular flexibility index (Phi) is 2.72. The molecule has 0 aliphatic carbocycles. The molecule has 1 aromatic heterocycles. The van der Waals surface area contributed by atoms with Gasteiger partial charge in [-0.25, -0.2) is 0 Å². The number of para-hydroxylation sites is 1. The van der Waals surface area contributed by atoms with E-state index in [-0.39, 0.29) is 0 Å². The summed E-state index contributed by atoms with van der Waals surface area (Å²) in [5.41, 5.74) is 4.74. The molecule has 0 saturated carbocycles. The topological polar surface area (TPSA) is 3.24 Å². The van der Waals surface area contributed by atoms with Gasteiger partial charge in [0.1, 0.15) is 5.00 Å². The molecular weight excluding hydrogens is 274 g/mol.